The molecule has 1 saturated carbocycles. The normalized spacial score (nSPS) is 14.2. The van der Waals surface area contributed by atoms with Gasteiger partial charge in [-0.3, -0.25) is 9.59 Å². The van der Waals surface area contributed by atoms with Crippen LogP contribution in [0.1, 0.15) is 39.2 Å². The van der Waals surface area contributed by atoms with Crippen molar-refractivity contribution in [2.45, 2.75) is 38.9 Å². The number of hydrogen-bond donors (Lipinski definition) is 0. The summed E-state index contributed by atoms with van der Waals surface area (Å²) < 4.78 is 10.9. The molecule has 0 spiro atoms. The monoisotopic (exact) mass is 462 g/mol. The summed E-state index contributed by atoms with van der Waals surface area (Å²) in [5.41, 5.74) is 2.69. The van der Waals surface area contributed by atoms with Gasteiger partial charge in [-0.15, -0.1) is 11.3 Å². The third-order valence-corrected chi connectivity index (χ3v) is 6.80. The van der Waals surface area contributed by atoms with E-state index in [1.165, 1.54) is 0 Å². The largest absolute Gasteiger partial charge is 0.454 e. The molecule has 0 N–H and O–H groups in total. The number of benzene rings is 2. The zero-order valence-electron chi connectivity index (χ0n) is 18.5. The number of ether oxygens (including phenoxy) is 2. The van der Waals surface area contributed by atoms with Gasteiger partial charge in [0.05, 0.1) is 6.54 Å². The number of rotatable bonds is 8. The van der Waals surface area contributed by atoms with Crippen LogP contribution in [0.2, 0.25) is 0 Å². The van der Waals surface area contributed by atoms with Crippen molar-refractivity contribution in [1.82, 2.24) is 9.80 Å². The van der Waals surface area contributed by atoms with E-state index in [1.54, 1.807) is 16.2 Å². The van der Waals surface area contributed by atoms with Crippen molar-refractivity contribution in [3.63, 3.8) is 0 Å². The van der Waals surface area contributed by atoms with Crippen LogP contribution in [-0.4, -0.2) is 41.0 Å². The van der Waals surface area contributed by atoms with E-state index in [-0.39, 0.29) is 31.2 Å². The molecule has 6 nitrogen and oxygen atoms in total. The van der Waals surface area contributed by atoms with E-state index in [4.69, 9.17) is 9.47 Å². The minimum atomic E-state index is -0.0787. The van der Waals surface area contributed by atoms with Gasteiger partial charge in [0.25, 0.3) is 5.91 Å². The van der Waals surface area contributed by atoms with Crippen LogP contribution < -0.4 is 9.47 Å². The lowest BCUT2D eigenvalue weighted by Crippen LogP contribution is -2.43. The molecule has 2 amide bonds. The molecular formula is C26H26N2O4S. The SMILES string of the molecule is Cc1ccc(C(=O)N(CC(=O)N(Cc2ccc3c(c2)OCO3)Cc2cccs2)C2CC2)cc1. The molecule has 2 aliphatic rings. The number of carbonyl (C=O) groups excluding carboxylic acids is 2. The van der Waals surface area contributed by atoms with Crippen LogP contribution in [0, 0.1) is 6.92 Å². The molecule has 1 aliphatic heterocycles. The maximum absolute atomic E-state index is 13.5. The Morgan fingerprint density at radius 3 is 2.52 bits per heavy atom. The quantitative estimate of drug-likeness (QED) is 0.490. The molecule has 2 aromatic carbocycles. The van der Waals surface area contributed by atoms with Crippen molar-refractivity contribution in [1.29, 1.82) is 0 Å². The van der Waals surface area contributed by atoms with Crippen LogP contribution in [0.25, 0.3) is 0 Å². The van der Waals surface area contributed by atoms with Crippen molar-refractivity contribution in [3.05, 3.63) is 81.5 Å². The van der Waals surface area contributed by atoms with E-state index in [1.807, 2.05) is 71.8 Å². The Balaban J connectivity index is 1.35. The molecule has 0 unspecified atom stereocenters. The Labute approximate surface area is 197 Å². The minimum absolute atomic E-state index is 0.0616. The van der Waals surface area contributed by atoms with Gasteiger partial charge in [0.2, 0.25) is 12.7 Å². The Bertz CT molecular complexity index is 1140. The molecule has 3 aromatic rings. The van der Waals surface area contributed by atoms with Crippen molar-refractivity contribution in [3.8, 4) is 11.5 Å². The average Bonchev–Trinajstić information content (AvgIpc) is 3.32. The molecule has 170 valence electrons. The van der Waals surface area contributed by atoms with E-state index in [0.29, 0.717) is 24.4 Å². The Morgan fingerprint density at radius 1 is 1.00 bits per heavy atom. The molecule has 0 atom stereocenters. The molecule has 5 rings (SSSR count). The summed E-state index contributed by atoms with van der Waals surface area (Å²) in [7, 11) is 0. The third-order valence-electron chi connectivity index (χ3n) is 5.94. The summed E-state index contributed by atoms with van der Waals surface area (Å²) in [6.07, 6.45) is 1.88. The fraction of sp³-hybridized carbons (Fsp3) is 0.308. The maximum atomic E-state index is 13.5. The Hall–Kier alpha value is -3.32. The molecule has 1 fully saturated rings. The summed E-state index contributed by atoms with van der Waals surface area (Å²) in [4.78, 5) is 31.4. The van der Waals surface area contributed by atoms with Crippen molar-refractivity contribution >= 4 is 23.2 Å². The highest BCUT2D eigenvalue weighted by Crippen LogP contribution is 2.33. The van der Waals surface area contributed by atoms with Gasteiger partial charge >= 0.3 is 0 Å². The van der Waals surface area contributed by atoms with Crippen LogP contribution in [-0.2, 0) is 17.9 Å². The van der Waals surface area contributed by atoms with Crippen LogP contribution in [0.4, 0.5) is 0 Å². The number of nitrogens with zero attached hydrogens (tertiary/aromatic N) is 2. The van der Waals surface area contributed by atoms with Crippen LogP contribution in [0.5, 0.6) is 11.5 Å². The van der Waals surface area contributed by atoms with Crippen LogP contribution in [0.3, 0.4) is 0 Å². The fourth-order valence-corrected chi connectivity index (χ4v) is 4.66. The van der Waals surface area contributed by atoms with Gasteiger partial charge in [-0.2, -0.15) is 0 Å². The Kier molecular flexibility index (Phi) is 6.05. The summed E-state index contributed by atoms with van der Waals surface area (Å²) in [5, 5.41) is 2.01. The molecule has 2 heterocycles. The molecule has 0 radical (unpaired) electrons. The van der Waals surface area contributed by atoms with E-state index < -0.39 is 0 Å². The molecule has 0 saturated heterocycles. The standard InChI is InChI=1S/C26H26N2O4S/c1-18-4-7-20(8-5-18)26(30)28(21-9-10-21)16-25(29)27(15-22-3-2-12-33-22)14-19-6-11-23-24(13-19)32-17-31-23/h2-8,11-13,21H,9-10,14-17H2,1H3. The number of aryl methyl sites for hydroxylation is 1. The zero-order chi connectivity index (χ0) is 22.8. The van der Waals surface area contributed by atoms with Gasteiger partial charge in [-0.05, 0) is 61.0 Å². The minimum Gasteiger partial charge on any atom is -0.454 e. The first-order valence-electron chi connectivity index (χ1n) is 11.1. The maximum Gasteiger partial charge on any atom is 0.254 e. The van der Waals surface area contributed by atoms with Crippen molar-refractivity contribution in [2.75, 3.05) is 13.3 Å². The van der Waals surface area contributed by atoms with Crippen molar-refractivity contribution < 1.29 is 19.1 Å². The second kappa shape index (κ2) is 9.27. The lowest BCUT2D eigenvalue weighted by atomic mass is 10.1. The highest BCUT2D eigenvalue weighted by atomic mass is 32.1. The second-order valence-corrected chi connectivity index (χ2v) is 9.58. The summed E-state index contributed by atoms with van der Waals surface area (Å²) >= 11 is 1.62. The first-order chi connectivity index (χ1) is 16.1. The summed E-state index contributed by atoms with van der Waals surface area (Å²) in [6, 6.07) is 17.5. The number of thiophene rings is 1. The van der Waals surface area contributed by atoms with Gasteiger partial charge in [0.15, 0.2) is 11.5 Å². The smallest absolute Gasteiger partial charge is 0.254 e. The van der Waals surface area contributed by atoms with Gasteiger partial charge in [-0.25, -0.2) is 0 Å². The van der Waals surface area contributed by atoms with Crippen LogP contribution >= 0.6 is 11.3 Å². The average molecular weight is 463 g/mol. The summed E-state index contributed by atoms with van der Waals surface area (Å²) in [6.45, 7) is 3.23. The van der Waals surface area contributed by atoms with Gasteiger partial charge in [-0.1, -0.05) is 29.8 Å². The molecule has 1 aliphatic carbocycles. The second-order valence-electron chi connectivity index (χ2n) is 8.55. The predicted molar refractivity (Wildman–Crippen MR) is 126 cm³/mol. The predicted octanol–water partition coefficient (Wildman–Crippen LogP) is 4.62. The highest BCUT2D eigenvalue weighted by Gasteiger charge is 2.35. The highest BCUT2D eigenvalue weighted by molar-refractivity contribution is 7.09. The van der Waals surface area contributed by atoms with Crippen LogP contribution in [0.15, 0.2) is 60.0 Å². The topological polar surface area (TPSA) is 59.1 Å². The first-order valence-corrected chi connectivity index (χ1v) is 12.0. The van der Waals surface area contributed by atoms with Crippen molar-refractivity contribution in [2.24, 2.45) is 0 Å². The molecule has 7 heteroatoms. The lowest BCUT2D eigenvalue weighted by molar-refractivity contribution is -0.133. The molecule has 0 bridgehead atoms. The molecule has 1 aromatic heterocycles. The van der Waals surface area contributed by atoms with Gasteiger partial charge in [0, 0.05) is 23.0 Å². The number of fused-ring (bicyclic) bond motifs is 1. The van der Waals surface area contributed by atoms with E-state index in [9.17, 15) is 9.59 Å². The fourth-order valence-electron chi connectivity index (χ4n) is 3.94. The van der Waals surface area contributed by atoms with E-state index in [2.05, 4.69) is 0 Å². The zero-order valence-corrected chi connectivity index (χ0v) is 19.3. The molecule has 33 heavy (non-hydrogen) atoms. The number of amides is 2. The first kappa shape index (κ1) is 21.5. The number of hydrogen-bond acceptors (Lipinski definition) is 5. The van der Waals surface area contributed by atoms with E-state index >= 15 is 0 Å². The van der Waals surface area contributed by atoms with E-state index in [0.717, 1.165) is 34.6 Å². The summed E-state index contributed by atoms with van der Waals surface area (Å²) in [5.74, 6) is 1.28. The molecular weight excluding hydrogens is 436 g/mol. The number of carbonyl (C=O) groups is 2. The van der Waals surface area contributed by atoms with Gasteiger partial charge < -0.3 is 19.3 Å². The lowest BCUT2D eigenvalue weighted by Gasteiger charge is -2.28. The Morgan fingerprint density at radius 2 is 1.79 bits per heavy atom. The third kappa shape index (κ3) is 5.03. The van der Waals surface area contributed by atoms with Gasteiger partial charge in [0.1, 0.15) is 6.54 Å².